The molecule has 2 aromatic rings. The molecule has 1 aliphatic rings. The van der Waals surface area contributed by atoms with Crippen LogP contribution in [-0.4, -0.2) is 25.0 Å². The first-order valence-corrected chi connectivity index (χ1v) is 10.1. The highest BCUT2D eigenvalue weighted by atomic mass is 32.1. The molecule has 1 aliphatic carbocycles. The zero-order valence-corrected chi connectivity index (χ0v) is 16.6. The maximum absolute atomic E-state index is 12.8. The third-order valence-corrected chi connectivity index (χ3v) is 6.05. The number of hydrogen-bond donors (Lipinski definition) is 1. The van der Waals surface area contributed by atoms with Gasteiger partial charge in [0.1, 0.15) is 10.6 Å². The van der Waals surface area contributed by atoms with E-state index in [0.717, 1.165) is 24.0 Å². The van der Waals surface area contributed by atoms with Gasteiger partial charge in [-0.1, -0.05) is 42.7 Å². The van der Waals surface area contributed by atoms with Gasteiger partial charge in [0.2, 0.25) is 5.91 Å². The predicted octanol–water partition coefficient (Wildman–Crippen LogP) is 3.00. The Morgan fingerprint density at radius 3 is 2.54 bits per heavy atom. The predicted molar refractivity (Wildman–Crippen MR) is 105 cm³/mol. The molecule has 1 amide bonds. The summed E-state index contributed by atoms with van der Waals surface area (Å²) < 4.78 is 4.93. The quantitative estimate of drug-likeness (QED) is 0.779. The van der Waals surface area contributed by atoms with Gasteiger partial charge in [0.25, 0.3) is 0 Å². The van der Waals surface area contributed by atoms with Gasteiger partial charge in [0.15, 0.2) is 0 Å². The molecular formula is C21H22NO5S-. The first-order chi connectivity index (χ1) is 13.4. The minimum Gasteiger partial charge on any atom is -0.550 e. The van der Waals surface area contributed by atoms with Gasteiger partial charge in [-0.3, -0.25) is 4.79 Å². The minimum atomic E-state index is -1.19. The van der Waals surface area contributed by atoms with Gasteiger partial charge in [-0.25, -0.2) is 4.79 Å². The number of carboxylic acid groups (broad SMARTS) is 1. The normalized spacial score (nSPS) is 19.1. The molecule has 2 atom stereocenters. The lowest BCUT2D eigenvalue weighted by molar-refractivity contribution is -0.313. The number of thiophene rings is 1. The standard InChI is InChI=1S/C21H23NO5S/c1-12-6-5-7-13(10-12)16-11-28-19(17(16)21(26)27-2)22-18(23)14-8-3-4-9-15(14)20(24)25/h5-7,10-11,14-15H,3-4,8-9H2,1-2H3,(H,22,23)(H,24,25)/p-1/t14-,15-/m0/s1. The SMILES string of the molecule is COC(=O)c1c(-c2cccc(C)c2)csc1NC(=O)[C@H]1CCCC[C@@H]1C(=O)[O-]. The Hall–Kier alpha value is -2.67. The Balaban J connectivity index is 1.92. The smallest absolute Gasteiger partial charge is 0.341 e. The largest absolute Gasteiger partial charge is 0.550 e. The number of rotatable bonds is 5. The second-order valence-corrected chi connectivity index (χ2v) is 7.90. The highest BCUT2D eigenvalue weighted by Crippen LogP contribution is 2.38. The van der Waals surface area contributed by atoms with E-state index in [2.05, 4.69) is 5.32 Å². The average Bonchev–Trinajstić information content (AvgIpc) is 3.10. The van der Waals surface area contributed by atoms with Crippen LogP contribution in [0.15, 0.2) is 29.6 Å². The highest BCUT2D eigenvalue weighted by Gasteiger charge is 2.33. The molecule has 1 saturated carbocycles. The summed E-state index contributed by atoms with van der Waals surface area (Å²) in [5.74, 6) is -3.59. The van der Waals surface area contributed by atoms with Crippen LogP contribution in [-0.2, 0) is 14.3 Å². The molecule has 0 spiro atoms. The van der Waals surface area contributed by atoms with Crippen molar-refractivity contribution in [2.45, 2.75) is 32.6 Å². The topological polar surface area (TPSA) is 95.5 Å². The third kappa shape index (κ3) is 4.09. The number of amides is 1. The molecule has 0 radical (unpaired) electrons. The molecule has 0 bridgehead atoms. The average molecular weight is 400 g/mol. The van der Waals surface area contributed by atoms with E-state index in [9.17, 15) is 19.5 Å². The van der Waals surface area contributed by atoms with E-state index in [1.807, 2.05) is 31.2 Å². The lowest BCUT2D eigenvalue weighted by Crippen LogP contribution is -2.42. The number of methoxy groups -OCH3 is 1. The van der Waals surface area contributed by atoms with Crippen LogP contribution in [0.2, 0.25) is 0 Å². The number of hydrogen-bond acceptors (Lipinski definition) is 6. The number of aliphatic carboxylic acids is 1. The molecule has 1 aromatic carbocycles. The van der Waals surface area contributed by atoms with Gasteiger partial charge in [-0.15, -0.1) is 11.3 Å². The van der Waals surface area contributed by atoms with E-state index in [-0.39, 0.29) is 5.56 Å². The van der Waals surface area contributed by atoms with Crippen molar-refractivity contribution < 1.29 is 24.2 Å². The number of benzene rings is 1. The second kappa shape index (κ2) is 8.56. The fourth-order valence-electron chi connectivity index (χ4n) is 3.71. The zero-order valence-electron chi connectivity index (χ0n) is 15.8. The lowest BCUT2D eigenvalue weighted by atomic mass is 9.79. The van der Waals surface area contributed by atoms with Gasteiger partial charge in [0.05, 0.1) is 7.11 Å². The summed E-state index contributed by atoms with van der Waals surface area (Å²) in [6.45, 7) is 1.96. The molecule has 7 heteroatoms. The number of ether oxygens (including phenoxy) is 1. The van der Waals surface area contributed by atoms with Crippen LogP contribution in [0.1, 0.15) is 41.6 Å². The van der Waals surface area contributed by atoms with Crippen LogP contribution >= 0.6 is 11.3 Å². The molecule has 1 aromatic heterocycles. The number of esters is 1. The zero-order chi connectivity index (χ0) is 20.3. The number of anilines is 1. The molecule has 0 saturated heterocycles. The van der Waals surface area contributed by atoms with Crippen molar-refractivity contribution in [2.75, 3.05) is 12.4 Å². The Morgan fingerprint density at radius 2 is 1.89 bits per heavy atom. The van der Waals surface area contributed by atoms with Crippen molar-refractivity contribution in [2.24, 2.45) is 11.8 Å². The Labute approximate surface area is 167 Å². The summed E-state index contributed by atoms with van der Waals surface area (Å²) >= 11 is 1.23. The number of carbonyl (C=O) groups is 3. The molecular weight excluding hydrogens is 378 g/mol. The summed E-state index contributed by atoms with van der Waals surface area (Å²) in [6, 6.07) is 7.70. The Morgan fingerprint density at radius 1 is 1.18 bits per heavy atom. The highest BCUT2D eigenvalue weighted by molar-refractivity contribution is 7.15. The van der Waals surface area contributed by atoms with E-state index in [1.165, 1.54) is 18.4 Å². The van der Waals surface area contributed by atoms with Crippen molar-refractivity contribution in [1.82, 2.24) is 0 Å². The monoisotopic (exact) mass is 400 g/mol. The molecule has 28 heavy (non-hydrogen) atoms. The summed E-state index contributed by atoms with van der Waals surface area (Å²) in [7, 11) is 1.29. The number of carbonyl (C=O) groups excluding carboxylic acids is 3. The van der Waals surface area contributed by atoms with Gasteiger partial charge in [0, 0.05) is 28.7 Å². The van der Waals surface area contributed by atoms with Crippen LogP contribution in [0.25, 0.3) is 11.1 Å². The van der Waals surface area contributed by atoms with E-state index in [4.69, 9.17) is 4.74 Å². The van der Waals surface area contributed by atoms with Crippen molar-refractivity contribution in [3.05, 3.63) is 40.8 Å². The molecule has 0 aliphatic heterocycles. The first kappa shape index (κ1) is 20.1. The van der Waals surface area contributed by atoms with E-state index >= 15 is 0 Å². The number of nitrogens with one attached hydrogen (secondary N) is 1. The van der Waals surface area contributed by atoms with E-state index in [0.29, 0.717) is 23.4 Å². The Bertz CT molecular complexity index is 904. The fraction of sp³-hybridized carbons (Fsp3) is 0.381. The molecule has 1 heterocycles. The number of aryl methyl sites for hydroxylation is 1. The molecule has 148 valence electrons. The van der Waals surface area contributed by atoms with Crippen LogP contribution in [0.3, 0.4) is 0 Å². The maximum Gasteiger partial charge on any atom is 0.341 e. The van der Waals surface area contributed by atoms with Crippen LogP contribution in [0.5, 0.6) is 0 Å². The second-order valence-electron chi connectivity index (χ2n) is 7.02. The van der Waals surface area contributed by atoms with Crippen molar-refractivity contribution >= 4 is 34.2 Å². The summed E-state index contributed by atoms with van der Waals surface area (Å²) in [5.41, 5.74) is 2.86. The van der Waals surface area contributed by atoms with Crippen molar-refractivity contribution in [1.29, 1.82) is 0 Å². The van der Waals surface area contributed by atoms with Crippen molar-refractivity contribution in [3.8, 4) is 11.1 Å². The minimum absolute atomic E-state index is 0.284. The number of carboxylic acids is 1. The van der Waals surface area contributed by atoms with Crippen molar-refractivity contribution in [3.63, 3.8) is 0 Å². The molecule has 0 unspecified atom stereocenters. The first-order valence-electron chi connectivity index (χ1n) is 9.21. The van der Waals surface area contributed by atoms with Crippen LogP contribution in [0.4, 0.5) is 5.00 Å². The molecule has 1 N–H and O–H groups in total. The van der Waals surface area contributed by atoms with Gasteiger partial charge in [-0.05, 0) is 25.3 Å². The maximum atomic E-state index is 12.8. The molecule has 3 rings (SSSR count). The Kier molecular flexibility index (Phi) is 6.14. The summed E-state index contributed by atoms with van der Waals surface area (Å²) in [6.07, 6.45) is 2.49. The summed E-state index contributed by atoms with van der Waals surface area (Å²) in [5, 5.41) is 16.3. The lowest BCUT2D eigenvalue weighted by Gasteiger charge is -2.31. The van der Waals surface area contributed by atoms with Crippen LogP contribution < -0.4 is 10.4 Å². The van der Waals surface area contributed by atoms with Gasteiger partial charge < -0.3 is 20.0 Å². The molecule has 6 nitrogen and oxygen atoms in total. The van der Waals surface area contributed by atoms with Gasteiger partial charge in [-0.2, -0.15) is 0 Å². The van der Waals surface area contributed by atoms with E-state index in [1.54, 1.807) is 5.38 Å². The summed E-state index contributed by atoms with van der Waals surface area (Å²) in [4.78, 5) is 36.6. The third-order valence-electron chi connectivity index (χ3n) is 5.15. The fourth-order valence-corrected chi connectivity index (χ4v) is 4.67. The van der Waals surface area contributed by atoms with Crippen LogP contribution in [0, 0.1) is 18.8 Å². The molecule has 1 fully saturated rings. The van der Waals surface area contributed by atoms with Gasteiger partial charge >= 0.3 is 5.97 Å². The van der Waals surface area contributed by atoms with E-state index < -0.39 is 29.7 Å².